The van der Waals surface area contributed by atoms with Crippen molar-refractivity contribution < 1.29 is 60.1 Å². The van der Waals surface area contributed by atoms with Crippen LogP contribution in [0.2, 0.25) is 90.7 Å². The van der Waals surface area contributed by atoms with E-state index in [4.69, 9.17) is 50.6 Å². The predicted molar refractivity (Wildman–Crippen MR) is 382 cm³/mol. The number of aldehydes is 1. The zero-order chi connectivity index (χ0) is 66.8. The van der Waals surface area contributed by atoms with Crippen molar-refractivity contribution in [2.45, 2.75) is 370 Å². The van der Waals surface area contributed by atoms with E-state index in [2.05, 4.69) is 215 Å². The Bertz CT molecular complexity index is 2330. The molecule has 5 saturated heterocycles. The molecule has 16 atom stereocenters. The van der Waals surface area contributed by atoms with Crippen molar-refractivity contribution in [1.29, 1.82) is 0 Å². The summed E-state index contributed by atoms with van der Waals surface area (Å²) in [4.78, 5) is 26.5. The molecule has 5 unspecified atom stereocenters. The van der Waals surface area contributed by atoms with Crippen LogP contribution in [0, 0.1) is 5.92 Å². The molecule has 0 amide bonds. The molecule has 0 aromatic heterocycles. The molecule has 0 aromatic rings. The molecule has 5 heterocycles. The van der Waals surface area contributed by atoms with Gasteiger partial charge in [-0.1, -0.05) is 140 Å². The van der Waals surface area contributed by atoms with E-state index in [0.717, 1.165) is 56.0 Å². The first-order valence-electron chi connectivity index (χ1n) is 33.8. The van der Waals surface area contributed by atoms with Crippen molar-refractivity contribution in [2.75, 3.05) is 13.7 Å². The molecule has 0 radical (unpaired) electrons. The van der Waals surface area contributed by atoms with Crippen LogP contribution in [0.5, 0.6) is 0 Å². The number of Topliss-reactive ketones (excluding diaryl/α,β-unsaturated/α-hetero) is 1. The van der Waals surface area contributed by atoms with Crippen LogP contribution in [0.1, 0.15) is 187 Å². The largest absolute Gasteiger partial charge is 0.414 e. The van der Waals surface area contributed by atoms with Crippen molar-refractivity contribution in [3.63, 3.8) is 0 Å². The van der Waals surface area contributed by atoms with E-state index in [1.807, 2.05) is 0 Å². The molecule has 0 aliphatic carbocycles. The Hall–Kier alpha value is -0.0656. The van der Waals surface area contributed by atoms with Crippen LogP contribution in [0.15, 0.2) is 34.5 Å². The van der Waals surface area contributed by atoms with Crippen LogP contribution in [0.25, 0.3) is 0 Å². The average Bonchev–Trinajstić information content (AvgIpc) is 1.09. The topological polar surface area (TPSA) is 136 Å². The molecule has 5 rings (SSSR count). The number of carbonyl (C=O) groups excluding carboxylic acids is 2. The van der Waals surface area contributed by atoms with Crippen molar-refractivity contribution in [1.82, 2.24) is 0 Å². The minimum absolute atomic E-state index is 0.00674. The van der Waals surface area contributed by atoms with Gasteiger partial charge in [0.25, 0.3) is 0 Å². The van der Waals surface area contributed by atoms with Gasteiger partial charge >= 0.3 is 0 Å². The van der Waals surface area contributed by atoms with E-state index in [9.17, 15) is 4.79 Å². The maximum atomic E-state index is 15.3. The number of fused-ring (bicyclic) bond motifs is 1. The molecule has 0 N–H and O–H groups in total. The fourth-order valence-electron chi connectivity index (χ4n) is 11.9. The lowest BCUT2D eigenvalue weighted by atomic mass is 9.83. The fourth-order valence-corrected chi connectivity index (χ4v) is 18.5. The van der Waals surface area contributed by atoms with Gasteiger partial charge < -0.3 is 55.3 Å². The Kier molecular flexibility index (Phi) is 27.3. The van der Waals surface area contributed by atoms with E-state index in [0.29, 0.717) is 38.7 Å². The van der Waals surface area contributed by atoms with Gasteiger partial charge in [-0.2, -0.15) is 0 Å². The molecule has 510 valence electrons. The third kappa shape index (κ3) is 20.3. The van der Waals surface area contributed by atoms with E-state index in [1.54, 1.807) is 7.11 Å². The second-order valence-electron chi connectivity index (χ2n) is 34.7. The zero-order valence-corrected chi connectivity index (χ0v) is 67.6. The van der Waals surface area contributed by atoms with E-state index >= 15 is 4.79 Å². The van der Waals surface area contributed by atoms with E-state index < -0.39 is 72.1 Å². The maximum absolute atomic E-state index is 15.3. The van der Waals surface area contributed by atoms with Crippen LogP contribution < -0.4 is 0 Å². The normalized spacial score (nSPS) is 31.1. The van der Waals surface area contributed by atoms with Gasteiger partial charge in [-0.25, -0.2) is 0 Å². The number of ether oxygens (including phenoxy) is 6. The van der Waals surface area contributed by atoms with Crippen molar-refractivity contribution in [3.8, 4) is 0 Å². The van der Waals surface area contributed by atoms with E-state index in [1.165, 1.54) is 0 Å². The van der Waals surface area contributed by atoms with Crippen molar-refractivity contribution in [2.24, 2.45) is 5.92 Å². The number of methoxy groups -OCH3 is 1. The molecular formula is C69H129IO13Si5. The van der Waals surface area contributed by atoms with Gasteiger partial charge in [0.2, 0.25) is 0 Å². The summed E-state index contributed by atoms with van der Waals surface area (Å²) in [5.74, 6) is -0.159. The average molecular weight is 1430 g/mol. The molecule has 0 spiro atoms. The van der Waals surface area contributed by atoms with Gasteiger partial charge in [0, 0.05) is 45.1 Å². The lowest BCUT2D eigenvalue weighted by molar-refractivity contribution is -0.266. The summed E-state index contributed by atoms with van der Waals surface area (Å²) >= 11 is 2.32. The Labute approximate surface area is 556 Å². The summed E-state index contributed by atoms with van der Waals surface area (Å²) in [5, 5.41) is -0.259. The summed E-state index contributed by atoms with van der Waals surface area (Å²) in [6.07, 6.45) is 6.90. The number of halogens is 1. The third-order valence-electron chi connectivity index (χ3n) is 22.8. The SMILES string of the molecule is C=C1C[C@H](CCC=O)O[C@H]1CC[C@H]1CCC(=C)[C@@H](C[C@@H]2O[C@H](C[C@@H](CO[Si](C)(C)C(C)(C)C)O[Si](C)(C)C(C)(C)C)C(OC)[C@H]2CC(=O)C[C@H]2CC[C@@H]3OC([C@H](/C=C/I)O[Si](C)(C)C(C)(C)C)C(O[Si](C)(C)C(C)(C)C)C(O[Si](C)(C)C(C)(C)C)C3O2)O1. The second-order valence-corrected chi connectivity index (χ2v) is 59.3. The van der Waals surface area contributed by atoms with Crippen LogP contribution >= 0.6 is 22.6 Å². The summed E-state index contributed by atoms with van der Waals surface area (Å²) in [5.41, 5.74) is 2.15. The Balaban J connectivity index is 1.50. The molecule has 19 heteroatoms. The molecule has 5 aliphatic heterocycles. The minimum atomic E-state index is -2.50. The van der Waals surface area contributed by atoms with Gasteiger partial charge in [0.05, 0.1) is 73.8 Å². The van der Waals surface area contributed by atoms with Crippen LogP contribution in [-0.4, -0.2) is 159 Å². The van der Waals surface area contributed by atoms with Gasteiger partial charge in [-0.15, -0.1) is 0 Å². The molecule has 5 fully saturated rings. The lowest BCUT2D eigenvalue weighted by Crippen LogP contribution is -2.69. The Morgan fingerprint density at radius 1 is 0.602 bits per heavy atom. The molecule has 88 heavy (non-hydrogen) atoms. The molecule has 5 aliphatic rings. The lowest BCUT2D eigenvalue weighted by Gasteiger charge is -2.56. The van der Waals surface area contributed by atoms with Crippen LogP contribution in [0.3, 0.4) is 0 Å². The van der Waals surface area contributed by atoms with Gasteiger partial charge in [0.15, 0.2) is 41.6 Å². The highest BCUT2D eigenvalue weighted by Crippen LogP contribution is 2.49. The number of carbonyl (C=O) groups is 2. The molecule has 0 aromatic carbocycles. The first-order chi connectivity index (χ1) is 40.1. The van der Waals surface area contributed by atoms with E-state index in [-0.39, 0.29) is 111 Å². The summed E-state index contributed by atoms with van der Waals surface area (Å²) < 4.78 is 81.5. The number of rotatable bonds is 28. The van der Waals surface area contributed by atoms with Gasteiger partial charge in [-0.3, -0.25) is 4.79 Å². The van der Waals surface area contributed by atoms with Gasteiger partial charge in [-0.05, 0) is 163 Å². The first kappa shape index (κ1) is 78.6. The van der Waals surface area contributed by atoms with Gasteiger partial charge in [0.1, 0.15) is 36.5 Å². The second kappa shape index (κ2) is 30.6. The minimum Gasteiger partial charge on any atom is -0.414 e. The smallest absolute Gasteiger partial charge is 0.193 e. The van der Waals surface area contributed by atoms with Crippen LogP contribution in [-0.2, 0) is 60.1 Å². The van der Waals surface area contributed by atoms with Crippen LogP contribution in [0.4, 0.5) is 0 Å². The third-order valence-corrected chi connectivity index (χ3v) is 45.7. The molecular weight excluding hydrogens is 1300 g/mol. The number of ketones is 1. The standard InChI is InChI=1S/C69H129IO13Si5/c1-46-31-32-49(33-35-54-47(2)40-50(76-54)30-29-39-71)75-57(46)44-58-53(60(73-18)59(78-58)43-52(80-85(21,22)66(6,7)8)45-74-84(19,20)65(3,4)5)42-48(72)41-51-34-36-55-61(77-51)63(82-87(25,26)68(12,13)14)64(83-88(27,28)69(15,16)17)62(79-55)56(37-38-70)81-86(23,24)67(9,10)11/h37-39,49-64H,1-2,29-36,40-45H2,3-28H3/b38-37+/t49-,50+,51-,52+,53+,54+,55+,56+,57-,58+,59-,60?,61?,62?,63?,64?/m1/s1. The molecule has 13 nitrogen and oxygen atoms in total. The number of hydrogen-bond donors (Lipinski definition) is 0. The Morgan fingerprint density at radius 2 is 1.16 bits per heavy atom. The zero-order valence-electron chi connectivity index (χ0n) is 60.5. The summed E-state index contributed by atoms with van der Waals surface area (Å²) in [6, 6.07) is 0. The quantitative estimate of drug-likeness (QED) is 0.0318. The van der Waals surface area contributed by atoms with Crippen molar-refractivity contribution in [3.05, 3.63) is 34.5 Å². The maximum Gasteiger partial charge on any atom is 0.193 e. The Morgan fingerprint density at radius 3 is 1.70 bits per heavy atom. The molecule has 0 saturated carbocycles. The monoisotopic (exact) mass is 1430 g/mol. The highest BCUT2D eigenvalue weighted by molar-refractivity contribution is 14.1. The predicted octanol–water partition coefficient (Wildman–Crippen LogP) is 17.9. The summed E-state index contributed by atoms with van der Waals surface area (Å²) in [6.45, 7) is 66.8. The number of hydrogen-bond acceptors (Lipinski definition) is 13. The van der Waals surface area contributed by atoms with Crippen molar-refractivity contribution >= 4 is 76.2 Å². The highest BCUT2D eigenvalue weighted by Gasteiger charge is 2.59. The highest BCUT2D eigenvalue weighted by atomic mass is 127. The molecule has 0 bridgehead atoms. The first-order valence-corrected chi connectivity index (χ1v) is 49.6. The summed E-state index contributed by atoms with van der Waals surface area (Å²) in [7, 11) is -10.0. The fraction of sp³-hybridized carbons (Fsp3) is 0.884.